The Morgan fingerprint density at radius 2 is 2.00 bits per heavy atom. The molecule has 0 aromatic carbocycles. The van der Waals surface area contributed by atoms with Crippen molar-refractivity contribution in [1.29, 1.82) is 0 Å². The van der Waals surface area contributed by atoms with E-state index in [1.165, 1.54) is 6.42 Å². The van der Waals surface area contributed by atoms with Crippen molar-refractivity contribution in [3.8, 4) is 0 Å². The Balaban J connectivity index is 1.97. The summed E-state index contributed by atoms with van der Waals surface area (Å²) in [5, 5.41) is 0. The standard InChI is InChI=1S/C14H22O2/c1-13(2,3)14(4)7-11-9-5-8(14)6-10(9)12(15)16-11/h8-11H,5-7H2,1-4H3. The normalized spacial score (nSPS) is 50.6. The van der Waals surface area contributed by atoms with Crippen molar-refractivity contribution in [3.05, 3.63) is 0 Å². The third kappa shape index (κ3) is 1.11. The maximum Gasteiger partial charge on any atom is 0.309 e. The molecule has 5 unspecified atom stereocenters. The van der Waals surface area contributed by atoms with E-state index in [0.29, 0.717) is 16.7 Å². The van der Waals surface area contributed by atoms with Crippen LogP contribution in [-0.2, 0) is 9.53 Å². The summed E-state index contributed by atoms with van der Waals surface area (Å²) in [6.07, 6.45) is 3.59. The van der Waals surface area contributed by atoms with Gasteiger partial charge in [-0.05, 0) is 36.0 Å². The average Bonchev–Trinajstić information content (AvgIpc) is 2.64. The zero-order valence-corrected chi connectivity index (χ0v) is 10.7. The van der Waals surface area contributed by atoms with E-state index in [4.69, 9.17) is 4.74 Å². The molecule has 1 heterocycles. The van der Waals surface area contributed by atoms with Gasteiger partial charge in [-0.15, -0.1) is 0 Å². The van der Waals surface area contributed by atoms with E-state index < -0.39 is 0 Å². The van der Waals surface area contributed by atoms with Crippen LogP contribution in [0.5, 0.6) is 0 Å². The van der Waals surface area contributed by atoms with E-state index in [1.807, 2.05) is 0 Å². The van der Waals surface area contributed by atoms with E-state index in [2.05, 4.69) is 27.7 Å². The third-order valence-electron chi connectivity index (χ3n) is 5.90. The number of fused-ring (bicyclic) bond motifs is 1. The van der Waals surface area contributed by atoms with Gasteiger partial charge in [0.15, 0.2) is 0 Å². The molecule has 1 saturated heterocycles. The number of hydrogen-bond donors (Lipinski definition) is 0. The second-order valence-electron chi connectivity index (χ2n) is 7.29. The van der Waals surface area contributed by atoms with Crippen LogP contribution in [0.1, 0.15) is 47.0 Å². The molecule has 3 fully saturated rings. The van der Waals surface area contributed by atoms with Crippen molar-refractivity contribution in [2.24, 2.45) is 28.6 Å². The predicted octanol–water partition coefficient (Wildman–Crippen LogP) is 3.01. The van der Waals surface area contributed by atoms with E-state index in [0.717, 1.165) is 18.8 Å². The first kappa shape index (κ1) is 10.6. The van der Waals surface area contributed by atoms with Crippen molar-refractivity contribution in [2.75, 3.05) is 0 Å². The number of esters is 1. The monoisotopic (exact) mass is 222 g/mol. The molecule has 16 heavy (non-hydrogen) atoms. The van der Waals surface area contributed by atoms with Crippen LogP contribution in [0.4, 0.5) is 0 Å². The van der Waals surface area contributed by atoms with Crippen LogP contribution in [0, 0.1) is 28.6 Å². The molecule has 0 spiro atoms. The summed E-state index contributed by atoms with van der Waals surface area (Å²) in [5.41, 5.74) is 0.642. The number of ether oxygens (including phenoxy) is 1. The zero-order valence-electron chi connectivity index (χ0n) is 10.7. The quantitative estimate of drug-likeness (QED) is 0.589. The minimum absolute atomic E-state index is 0.0912. The molecule has 0 N–H and O–H groups in total. The van der Waals surface area contributed by atoms with Crippen molar-refractivity contribution in [3.63, 3.8) is 0 Å². The highest BCUT2D eigenvalue weighted by molar-refractivity contribution is 5.76. The van der Waals surface area contributed by atoms with Crippen molar-refractivity contribution < 1.29 is 9.53 Å². The molecule has 0 aromatic heterocycles. The molecular weight excluding hydrogens is 200 g/mol. The zero-order chi connectivity index (χ0) is 11.7. The molecule has 5 atom stereocenters. The van der Waals surface area contributed by atoms with Gasteiger partial charge in [0.1, 0.15) is 6.10 Å². The average molecular weight is 222 g/mol. The maximum absolute atomic E-state index is 11.7. The first-order chi connectivity index (χ1) is 7.33. The smallest absolute Gasteiger partial charge is 0.309 e. The van der Waals surface area contributed by atoms with Crippen LogP contribution in [0.2, 0.25) is 0 Å². The van der Waals surface area contributed by atoms with Crippen molar-refractivity contribution in [2.45, 2.75) is 53.1 Å². The third-order valence-corrected chi connectivity index (χ3v) is 5.90. The highest BCUT2D eigenvalue weighted by Gasteiger charge is 2.62. The van der Waals surface area contributed by atoms with Gasteiger partial charge >= 0.3 is 5.97 Å². The number of carbonyl (C=O) groups is 1. The van der Waals surface area contributed by atoms with Crippen molar-refractivity contribution in [1.82, 2.24) is 0 Å². The van der Waals surface area contributed by atoms with Crippen LogP contribution in [0.25, 0.3) is 0 Å². The van der Waals surface area contributed by atoms with Crippen LogP contribution in [0.15, 0.2) is 0 Å². The number of rotatable bonds is 0. The van der Waals surface area contributed by atoms with Gasteiger partial charge in [-0.25, -0.2) is 0 Å². The molecule has 2 heteroatoms. The second kappa shape index (κ2) is 2.83. The molecule has 0 aromatic rings. The predicted molar refractivity (Wildman–Crippen MR) is 61.8 cm³/mol. The number of hydrogen-bond acceptors (Lipinski definition) is 2. The molecule has 2 nitrogen and oxygen atoms in total. The van der Waals surface area contributed by atoms with Crippen LogP contribution in [-0.4, -0.2) is 12.1 Å². The molecule has 1 aliphatic heterocycles. The summed E-state index contributed by atoms with van der Waals surface area (Å²) >= 11 is 0. The Labute approximate surface area is 97.7 Å². The molecule has 90 valence electrons. The van der Waals surface area contributed by atoms with Gasteiger partial charge in [-0.2, -0.15) is 0 Å². The highest BCUT2D eigenvalue weighted by atomic mass is 16.6. The largest absolute Gasteiger partial charge is 0.462 e. The van der Waals surface area contributed by atoms with E-state index >= 15 is 0 Å². The maximum atomic E-state index is 11.7. The first-order valence-corrected chi connectivity index (χ1v) is 6.53. The number of carbonyl (C=O) groups excluding carboxylic acids is 1. The fourth-order valence-electron chi connectivity index (χ4n) is 4.29. The lowest BCUT2D eigenvalue weighted by Gasteiger charge is -2.51. The summed E-state index contributed by atoms with van der Waals surface area (Å²) in [4.78, 5) is 11.7. The molecule has 2 bridgehead atoms. The van der Waals surface area contributed by atoms with Gasteiger partial charge in [-0.3, -0.25) is 4.79 Å². The Morgan fingerprint density at radius 1 is 1.31 bits per heavy atom. The summed E-state index contributed by atoms with van der Waals surface area (Å²) in [7, 11) is 0. The lowest BCUT2D eigenvalue weighted by Crippen LogP contribution is -2.45. The molecule has 2 aliphatic carbocycles. The topological polar surface area (TPSA) is 26.3 Å². The molecular formula is C14H22O2. The van der Waals surface area contributed by atoms with Gasteiger partial charge in [0, 0.05) is 5.92 Å². The molecule has 0 radical (unpaired) electrons. The highest BCUT2D eigenvalue weighted by Crippen LogP contribution is 2.63. The van der Waals surface area contributed by atoms with E-state index in [1.54, 1.807) is 0 Å². The van der Waals surface area contributed by atoms with Crippen LogP contribution < -0.4 is 0 Å². The fourth-order valence-corrected chi connectivity index (χ4v) is 4.29. The second-order valence-corrected chi connectivity index (χ2v) is 7.29. The minimum atomic E-state index is 0.0912. The van der Waals surface area contributed by atoms with Gasteiger partial charge in [0.05, 0.1) is 5.92 Å². The van der Waals surface area contributed by atoms with Gasteiger partial charge in [0.25, 0.3) is 0 Å². The molecule has 3 aliphatic rings. The first-order valence-electron chi connectivity index (χ1n) is 6.53. The van der Waals surface area contributed by atoms with Crippen molar-refractivity contribution >= 4 is 5.97 Å². The summed E-state index contributed by atoms with van der Waals surface area (Å²) in [6, 6.07) is 0. The Hall–Kier alpha value is -0.530. The Morgan fingerprint density at radius 3 is 2.62 bits per heavy atom. The molecule has 0 amide bonds. The van der Waals surface area contributed by atoms with Gasteiger partial charge in [-0.1, -0.05) is 27.7 Å². The summed E-state index contributed by atoms with van der Waals surface area (Å²) in [5.74, 6) is 1.60. The Bertz CT molecular complexity index is 341. The van der Waals surface area contributed by atoms with Gasteiger partial charge in [0.2, 0.25) is 0 Å². The summed E-state index contributed by atoms with van der Waals surface area (Å²) in [6.45, 7) is 9.41. The van der Waals surface area contributed by atoms with Gasteiger partial charge < -0.3 is 4.74 Å². The SMILES string of the molecule is CC(C)(C)C1(C)CC2OC(=O)C3CC1CC23. The Kier molecular flexibility index (Phi) is 1.88. The van der Waals surface area contributed by atoms with E-state index in [9.17, 15) is 4.79 Å². The minimum Gasteiger partial charge on any atom is -0.462 e. The fraction of sp³-hybridized carbons (Fsp3) is 0.929. The lowest BCUT2D eigenvalue weighted by atomic mass is 9.55. The van der Waals surface area contributed by atoms with E-state index in [-0.39, 0.29) is 18.0 Å². The summed E-state index contributed by atoms with van der Waals surface area (Å²) < 4.78 is 5.57. The van der Waals surface area contributed by atoms with Crippen LogP contribution in [0.3, 0.4) is 0 Å². The molecule has 3 rings (SSSR count). The molecule has 2 saturated carbocycles. The van der Waals surface area contributed by atoms with Crippen LogP contribution >= 0.6 is 0 Å². The lowest BCUT2D eigenvalue weighted by molar-refractivity contribution is -0.152.